The van der Waals surface area contributed by atoms with Crippen molar-refractivity contribution in [1.82, 2.24) is 14.6 Å². The number of aromatic nitrogens is 3. The van der Waals surface area contributed by atoms with Gasteiger partial charge in [0.05, 0.1) is 11.3 Å². The van der Waals surface area contributed by atoms with E-state index in [1.54, 1.807) is 0 Å². The van der Waals surface area contributed by atoms with E-state index in [4.69, 9.17) is 0 Å². The van der Waals surface area contributed by atoms with E-state index in [0.29, 0.717) is 11.3 Å². The average Bonchev–Trinajstić information content (AvgIpc) is 2.79. The van der Waals surface area contributed by atoms with Gasteiger partial charge in [-0.1, -0.05) is 12.1 Å². The van der Waals surface area contributed by atoms with E-state index in [2.05, 4.69) is 10.1 Å². The number of H-pyrrole nitrogens is 2. The van der Waals surface area contributed by atoms with Crippen molar-refractivity contribution < 1.29 is 13.2 Å². The van der Waals surface area contributed by atoms with E-state index in [-0.39, 0.29) is 5.65 Å². The summed E-state index contributed by atoms with van der Waals surface area (Å²) in [6.45, 7) is 0. The molecule has 0 aliphatic rings. The summed E-state index contributed by atoms with van der Waals surface area (Å²) in [4.78, 5) is 25.8. The predicted octanol–water partition coefficient (Wildman–Crippen LogP) is 2.00. The van der Waals surface area contributed by atoms with Crippen molar-refractivity contribution in [3.05, 3.63) is 62.7 Å². The number of fused-ring (bicyclic) bond motifs is 1. The van der Waals surface area contributed by atoms with E-state index < -0.39 is 22.9 Å². The molecule has 2 heterocycles. The number of benzene rings is 1. The summed E-state index contributed by atoms with van der Waals surface area (Å²) >= 11 is 0. The fourth-order valence-corrected chi connectivity index (χ4v) is 2.01. The number of alkyl halides is 3. The molecule has 0 saturated carbocycles. The SMILES string of the molecule is O=c1cc2[nH]c(-c3ccc(C(F)(F)F)cc3)cc(=O)n2[nH]1. The number of nitrogens with one attached hydrogen (secondary N) is 2. The van der Waals surface area contributed by atoms with Crippen molar-refractivity contribution in [2.75, 3.05) is 0 Å². The molecule has 0 aliphatic heterocycles. The van der Waals surface area contributed by atoms with Crippen LogP contribution >= 0.6 is 0 Å². The molecule has 21 heavy (non-hydrogen) atoms. The highest BCUT2D eigenvalue weighted by Gasteiger charge is 2.30. The average molecular weight is 295 g/mol. The second-order valence-electron chi connectivity index (χ2n) is 4.44. The molecule has 0 saturated heterocycles. The van der Waals surface area contributed by atoms with E-state index in [1.165, 1.54) is 24.3 Å². The van der Waals surface area contributed by atoms with Crippen LogP contribution in [0.15, 0.2) is 46.0 Å². The molecule has 2 aromatic heterocycles. The van der Waals surface area contributed by atoms with Gasteiger partial charge in [-0.3, -0.25) is 14.7 Å². The van der Waals surface area contributed by atoms with Gasteiger partial charge in [0.2, 0.25) is 0 Å². The molecule has 0 radical (unpaired) electrons. The molecule has 108 valence electrons. The van der Waals surface area contributed by atoms with Crippen LogP contribution in [-0.2, 0) is 6.18 Å². The molecule has 0 amide bonds. The van der Waals surface area contributed by atoms with Crippen molar-refractivity contribution in [2.45, 2.75) is 6.18 Å². The first-order valence-electron chi connectivity index (χ1n) is 5.87. The van der Waals surface area contributed by atoms with Crippen molar-refractivity contribution in [1.29, 1.82) is 0 Å². The summed E-state index contributed by atoms with van der Waals surface area (Å²) < 4.78 is 38.5. The maximum Gasteiger partial charge on any atom is 0.416 e. The van der Waals surface area contributed by atoms with Crippen LogP contribution in [0.3, 0.4) is 0 Å². The summed E-state index contributed by atoms with van der Waals surface area (Å²) in [7, 11) is 0. The van der Waals surface area contributed by atoms with Gasteiger partial charge in [0.1, 0.15) is 5.65 Å². The van der Waals surface area contributed by atoms with E-state index in [9.17, 15) is 22.8 Å². The molecule has 0 fully saturated rings. The first kappa shape index (κ1) is 13.2. The van der Waals surface area contributed by atoms with E-state index in [1.807, 2.05) is 0 Å². The van der Waals surface area contributed by atoms with Crippen LogP contribution in [0.2, 0.25) is 0 Å². The number of rotatable bonds is 1. The van der Waals surface area contributed by atoms with Crippen LogP contribution < -0.4 is 11.1 Å². The lowest BCUT2D eigenvalue weighted by atomic mass is 10.1. The normalized spacial score (nSPS) is 12.0. The molecule has 0 bridgehead atoms. The van der Waals surface area contributed by atoms with Crippen molar-refractivity contribution >= 4 is 5.65 Å². The predicted molar refractivity (Wildman–Crippen MR) is 69.1 cm³/mol. The Morgan fingerprint density at radius 3 is 2.29 bits per heavy atom. The van der Waals surface area contributed by atoms with Gasteiger partial charge in [0.25, 0.3) is 11.1 Å². The Bertz CT molecular complexity index is 917. The smallest absolute Gasteiger partial charge is 0.339 e. The van der Waals surface area contributed by atoms with Gasteiger partial charge in [-0.05, 0) is 17.7 Å². The van der Waals surface area contributed by atoms with E-state index in [0.717, 1.165) is 16.6 Å². The third-order valence-corrected chi connectivity index (χ3v) is 3.00. The van der Waals surface area contributed by atoms with Crippen LogP contribution in [0.25, 0.3) is 16.9 Å². The number of nitrogens with zero attached hydrogens (tertiary/aromatic N) is 1. The molecule has 3 aromatic rings. The Morgan fingerprint density at radius 2 is 1.67 bits per heavy atom. The van der Waals surface area contributed by atoms with Gasteiger partial charge < -0.3 is 4.98 Å². The lowest BCUT2D eigenvalue weighted by Crippen LogP contribution is -2.16. The largest absolute Gasteiger partial charge is 0.416 e. The highest BCUT2D eigenvalue weighted by Crippen LogP contribution is 2.30. The van der Waals surface area contributed by atoms with Gasteiger partial charge in [-0.2, -0.15) is 13.2 Å². The summed E-state index contributed by atoms with van der Waals surface area (Å²) in [5, 5.41) is 2.30. The van der Waals surface area contributed by atoms with Gasteiger partial charge in [-0.25, -0.2) is 4.52 Å². The third-order valence-electron chi connectivity index (χ3n) is 3.00. The van der Waals surface area contributed by atoms with Crippen LogP contribution in [0.4, 0.5) is 13.2 Å². The second-order valence-corrected chi connectivity index (χ2v) is 4.44. The minimum atomic E-state index is -4.41. The molecule has 0 atom stereocenters. The van der Waals surface area contributed by atoms with Gasteiger partial charge >= 0.3 is 6.18 Å². The van der Waals surface area contributed by atoms with Crippen molar-refractivity contribution in [2.24, 2.45) is 0 Å². The van der Waals surface area contributed by atoms with Crippen LogP contribution in [0.1, 0.15) is 5.56 Å². The fraction of sp³-hybridized carbons (Fsp3) is 0.0769. The van der Waals surface area contributed by atoms with Crippen LogP contribution in [-0.4, -0.2) is 14.6 Å². The quantitative estimate of drug-likeness (QED) is 0.721. The Morgan fingerprint density at radius 1 is 1.00 bits per heavy atom. The number of hydrogen-bond donors (Lipinski definition) is 2. The molecule has 5 nitrogen and oxygen atoms in total. The number of halogens is 3. The summed E-state index contributed by atoms with van der Waals surface area (Å²) in [5.41, 5.74) is -0.729. The molecule has 1 aromatic carbocycles. The Kier molecular flexibility index (Phi) is 2.75. The van der Waals surface area contributed by atoms with Gasteiger partial charge in [0.15, 0.2) is 0 Å². The summed E-state index contributed by atoms with van der Waals surface area (Å²) in [6, 6.07) is 6.77. The Hall–Kier alpha value is -2.77. The maximum absolute atomic E-state index is 12.5. The zero-order chi connectivity index (χ0) is 15.2. The molecule has 8 heteroatoms. The monoisotopic (exact) mass is 295 g/mol. The van der Waals surface area contributed by atoms with Crippen molar-refractivity contribution in [3.8, 4) is 11.3 Å². The van der Waals surface area contributed by atoms with E-state index >= 15 is 0 Å². The fourth-order valence-electron chi connectivity index (χ4n) is 2.01. The first-order valence-corrected chi connectivity index (χ1v) is 5.87. The maximum atomic E-state index is 12.5. The minimum absolute atomic E-state index is 0.238. The van der Waals surface area contributed by atoms with Gasteiger partial charge in [-0.15, -0.1) is 0 Å². The lowest BCUT2D eigenvalue weighted by molar-refractivity contribution is -0.137. The molecular formula is C13H8F3N3O2. The second kappa shape index (κ2) is 4.37. The molecule has 0 unspecified atom stereocenters. The minimum Gasteiger partial charge on any atom is -0.339 e. The van der Waals surface area contributed by atoms with Gasteiger partial charge in [0, 0.05) is 12.1 Å². The highest BCUT2D eigenvalue weighted by molar-refractivity contribution is 5.61. The zero-order valence-corrected chi connectivity index (χ0v) is 10.4. The molecule has 2 N–H and O–H groups in total. The van der Waals surface area contributed by atoms with Crippen LogP contribution in [0, 0.1) is 0 Å². The molecule has 0 aliphatic carbocycles. The molecule has 0 spiro atoms. The Balaban J connectivity index is 2.12. The lowest BCUT2D eigenvalue weighted by Gasteiger charge is -2.08. The molecule has 3 rings (SSSR count). The third kappa shape index (κ3) is 2.35. The number of aromatic amines is 2. The van der Waals surface area contributed by atoms with Crippen LogP contribution in [0.5, 0.6) is 0 Å². The first-order chi connectivity index (χ1) is 9.84. The topological polar surface area (TPSA) is 70.1 Å². The van der Waals surface area contributed by atoms with Crippen molar-refractivity contribution in [3.63, 3.8) is 0 Å². The summed E-state index contributed by atoms with van der Waals surface area (Å²) in [5.74, 6) is 0. The zero-order valence-electron chi connectivity index (χ0n) is 10.4. The number of hydrogen-bond acceptors (Lipinski definition) is 2. The standard InChI is InChI=1S/C13H8F3N3O2/c14-13(15,16)8-3-1-7(2-4-8)9-5-12(21)19-10(17-9)6-11(20)18-19/h1-6,17H,(H,18,20). The Labute approximate surface area is 114 Å². The highest BCUT2D eigenvalue weighted by atomic mass is 19.4. The summed E-state index contributed by atoms with van der Waals surface area (Å²) in [6.07, 6.45) is -4.41. The molecular weight excluding hydrogens is 287 g/mol.